The van der Waals surface area contributed by atoms with Gasteiger partial charge >= 0.3 is 12.0 Å². The number of rotatable bonds is 4. The van der Waals surface area contributed by atoms with Crippen molar-refractivity contribution < 1.29 is 29.0 Å². The molecule has 0 aromatic heterocycles. The second-order valence-electron chi connectivity index (χ2n) is 4.51. The SMILES string of the molecule is COC(=O)CN1C(=O)N/C(=C/c2cc(I)c(O)c(OC)c2)C1=O. The largest absolute Gasteiger partial charge is 0.504 e. The zero-order valence-corrected chi connectivity index (χ0v) is 14.4. The molecular formula is C14H13IN2O6. The van der Waals surface area contributed by atoms with Crippen LogP contribution in [0.15, 0.2) is 17.8 Å². The molecule has 1 aromatic carbocycles. The second kappa shape index (κ2) is 6.86. The molecule has 1 aliphatic rings. The standard InChI is InChI=1S/C14H13IN2O6/c1-22-10-5-7(3-8(15)12(10)19)4-9-13(20)17(14(21)16-9)6-11(18)23-2/h3-5,19H,6H2,1-2H3,(H,16,21)/b9-4+. The van der Waals surface area contributed by atoms with Crippen molar-refractivity contribution in [2.45, 2.75) is 0 Å². The molecule has 0 spiro atoms. The highest BCUT2D eigenvalue weighted by Gasteiger charge is 2.35. The van der Waals surface area contributed by atoms with Gasteiger partial charge in [0, 0.05) is 0 Å². The van der Waals surface area contributed by atoms with Gasteiger partial charge in [-0.15, -0.1) is 0 Å². The Morgan fingerprint density at radius 3 is 2.70 bits per heavy atom. The summed E-state index contributed by atoms with van der Waals surface area (Å²) in [6, 6.07) is 2.44. The van der Waals surface area contributed by atoms with Crippen molar-refractivity contribution in [1.29, 1.82) is 0 Å². The van der Waals surface area contributed by atoms with Crippen LogP contribution in [0, 0.1) is 3.57 Å². The molecule has 122 valence electrons. The van der Waals surface area contributed by atoms with Gasteiger partial charge in [-0.1, -0.05) is 0 Å². The first kappa shape index (κ1) is 17.1. The second-order valence-corrected chi connectivity index (χ2v) is 5.67. The number of imide groups is 1. The lowest BCUT2D eigenvalue weighted by Crippen LogP contribution is -2.36. The van der Waals surface area contributed by atoms with E-state index < -0.39 is 24.5 Å². The minimum absolute atomic E-state index is 0.00986. The fourth-order valence-corrected chi connectivity index (χ4v) is 2.53. The lowest BCUT2D eigenvalue weighted by Gasteiger charge is -2.09. The van der Waals surface area contributed by atoms with Crippen LogP contribution in [-0.2, 0) is 14.3 Å². The first-order valence-electron chi connectivity index (χ1n) is 6.35. The van der Waals surface area contributed by atoms with E-state index in [1.165, 1.54) is 26.4 Å². The number of phenols is 1. The molecule has 3 amide bonds. The normalized spacial score (nSPS) is 15.8. The van der Waals surface area contributed by atoms with Gasteiger partial charge in [0.05, 0.1) is 17.8 Å². The number of aromatic hydroxyl groups is 1. The summed E-state index contributed by atoms with van der Waals surface area (Å²) in [5.41, 5.74) is 0.565. The molecule has 0 radical (unpaired) electrons. The lowest BCUT2D eigenvalue weighted by molar-refractivity contribution is -0.143. The molecule has 0 saturated carbocycles. The lowest BCUT2D eigenvalue weighted by atomic mass is 10.1. The summed E-state index contributed by atoms with van der Waals surface area (Å²) in [5, 5.41) is 12.2. The van der Waals surface area contributed by atoms with Crippen LogP contribution in [0.5, 0.6) is 11.5 Å². The number of carbonyl (C=O) groups excluding carboxylic acids is 3. The van der Waals surface area contributed by atoms with Crippen LogP contribution in [-0.4, -0.2) is 48.7 Å². The molecule has 23 heavy (non-hydrogen) atoms. The number of amides is 3. The van der Waals surface area contributed by atoms with Gasteiger partial charge in [0.1, 0.15) is 12.2 Å². The molecule has 1 aliphatic heterocycles. The number of nitrogens with one attached hydrogen (secondary N) is 1. The van der Waals surface area contributed by atoms with Crippen LogP contribution < -0.4 is 10.1 Å². The van der Waals surface area contributed by atoms with Crippen LogP contribution in [0.1, 0.15) is 5.56 Å². The number of methoxy groups -OCH3 is 2. The molecular weight excluding hydrogens is 419 g/mol. The number of halogens is 1. The van der Waals surface area contributed by atoms with Gasteiger partial charge in [-0.3, -0.25) is 9.59 Å². The fourth-order valence-electron chi connectivity index (χ4n) is 1.91. The summed E-state index contributed by atoms with van der Waals surface area (Å²) in [6.45, 7) is -0.463. The summed E-state index contributed by atoms with van der Waals surface area (Å²) in [5.74, 6) is -1.10. The molecule has 2 N–H and O–H groups in total. The van der Waals surface area contributed by atoms with Crippen molar-refractivity contribution in [1.82, 2.24) is 10.2 Å². The highest BCUT2D eigenvalue weighted by atomic mass is 127. The van der Waals surface area contributed by atoms with E-state index in [2.05, 4.69) is 10.1 Å². The van der Waals surface area contributed by atoms with Crippen LogP contribution >= 0.6 is 22.6 Å². The number of urea groups is 1. The third-order valence-electron chi connectivity index (χ3n) is 3.06. The zero-order valence-electron chi connectivity index (χ0n) is 12.3. The highest BCUT2D eigenvalue weighted by Crippen LogP contribution is 2.33. The molecule has 0 aliphatic carbocycles. The van der Waals surface area contributed by atoms with Gasteiger partial charge in [0.25, 0.3) is 5.91 Å². The third kappa shape index (κ3) is 3.55. The summed E-state index contributed by atoms with van der Waals surface area (Å²) in [4.78, 5) is 35.9. The fraction of sp³-hybridized carbons (Fsp3) is 0.214. The Hall–Kier alpha value is -2.30. The van der Waals surface area contributed by atoms with E-state index in [1.807, 2.05) is 22.6 Å². The van der Waals surface area contributed by atoms with Gasteiger partial charge in [-0.2, -0.15) is 0 Å². The van der Waals surface area contributed by atoms with Crippen molar-refractivity contribution in [3.05, 3.63) is 27.0 Å². The van der Waals surface area contributed by atoms with Crippen molar-refractivity contribution in [2.24, 2.45) is 0 Å². The van der Waals surface area contributed by atoms with Crippen LogP contribution in [0.4, 0.5) is 4.79 Å². The number of ether oxygens (including phenoxy) is 2. The Morgan fingerprint density at radius 2 is 2.09 bits per heavy atom. The number of carbonyl (C=O) groups is 3. The molecule has 8 nitrogen and oxygen atoms in total. The molecule has 0 atom stereocenters. The van der Waals surface area contributed by atoms with Gasteiger partial charge in [0.2, 0.25) is 0 Å². The smallest absolute Gasteiger partial charge is 0.329 e. The zero-order chi connectivity index (χ0) is 17.1. The average Bonchev–Trinajstić information content (AvgIpc) is 2.78. The first-order chi connectivity index (χ1) is 10.9. The van der Waals surface area contributed by atoms with Gasteiger partial charge in [-0.05, 0) is 46.4 Å². The Morgan fingerprint density at radius 1 is 1.39 bits per heavy atom. The minimum atomic E-state index is -0.702. The molecule has 0 unspecified atom stereocenters. The van der Waals surface area contributed by atoms with E-state index in [1.54, 1.807) is 6.07 Å². The summed E-state index contributed by atoms with van der Waals surface area (Å²) >= 11 is 1.92. The third-order valence-corrected chi connectivity index (χ3v) is 3.88. The van der Waals surface area contributed by atoms with E-state index in [4.69, 9.17) is 4.74 Å². The predicted octanol–water partition coefficient (Wildman–Crippen LogP) is 1.07. The molecule has 1 saturated heterocycles. The van der Waals surface area contributed by atoms with E-state index >= 15 is 0 Å². The monoisotopic (exact) mass is 432 g/mol. The molecule has 1 aromatic rings. The summed E-state index contributed by atoms with van der Waals surface area (Å²) in [7, 11) is 2.57. The van der Waals surface area contributed by atoms with Crippen molar-refractivity contribution in [2.75, 3.05) is 20.8 Å². The topological polar surface area (TPSA) is 105 Å². The van der Waals surface area contributed by atoms with E-state index in [0.29, 0.717) is 9.13 Å². The van der Waals surface area contributed by atoms with E-state index in [-0.39, 0.29) is 17.2 Å². The molecule has 0 bridgehead atoms. The first-order valence-corrected chi connectivity index (χ1v) is 7.43. The highest BCUT2D eigenvalue weighted by molar-refractivity contribution is 14.1. The van der Waals surface area contributed by atoms with Crippen LogP contribution in [0.2, 0.25) is 0 Å². The Labute approximate surface area is 145 Å². The van der Waals surface area contributed by atoms with E-state index in [0.717, 1.165) is 4.90 Å². The molecule has 1 heterocycles. The number of phenolic OH excluding ortho intramolecular Hbond substituents is 1. The maximum atomic E-state index is 12.2. The average molecular weight is 432 g/mol. The number of esters is 1. The number of hydrogen-bond donors (Lipinski definition) is 2. The minimum Gasteiger partial charge on any atom is -0.504 e. The molecule has 2 rings (SSSR count). The van der Waals surface area contributed by atoms with Crippen LogP contribution in [0.25, 0.3) is 6.08 Å². The van der Waals surface area contributed by atoms with Crippen molar-refractivity contribution in [3.63, 3.8) is 0 Å². The van der Waals surface area contributed by atoms with E-state index in [9.17, 15) is 19.5 Å². The van der Waals surface area contributed by atoms with Crippen molar-refractivity contribution in [3.8, 4) is 11.5 Å². The number of benzene rings is 1. The summed E-state index contributed by atoms with van der Waals surface area (Å²) < 4.78 is 10.0. The number of nitrogens with zero attached hydrogens (tertiary/aromatic N) is 1. The van der Waals surface area contributed by atoms with Gasteiger partial charge in [0.15, 0.2) is 11.5 Å². The Bertz CT molecular complexity index is 715. The maximum Gasteiger partial charge on any atom is 0.329 e. The van der Waals surface area contributed by atoms with Gasteiger partial charge in [-0.25, -0.2) is 9.69 Å². The maximum absolute atomic E-state index is 12.2. The molecule has 9 heteroatoms. The summed E-state index contributed by atoms with van der Waals surface area (Å²) in [6.07, 6.45) is 1.43. The van der Waals surface area contributed by atoms with Gasteiger partial charge < -0.3 is 19.9 Å². The van der Waals surface area contributed by atoms with Crippen molar-refractivity contribution >= 4 is 46.6 Å². The Kier molecular flexibility index (Phi) is 5.08. The quantitative estimate of drug-likeness (QED) is 0.319. The number of hydrogen-bond acceptors (Lipinski definition) is 6. The van der Waals surface area contributed by atoms with Crippen LogP contribution in [0.3, 0.4) is 0 Å². The molecule has 1 fully saturated rings. The Balaban J connectivity index is 2.31. The predicted molar refractivity (Wildman–Crippen MR) is 87.6 cm³/mol.